The van der Waals surface area contributed by atoms with Crippen molar-refractivity contribution in [3.8, 4) is 0 Å². The zero-order valence-electron chi connectivity index (χ0n) is 13.4. The Morgan fingerprint density at radius 3 is 2.58 bits per heavy atom. The number of rotatable bonds is 4. The summed E-state index contributed by atoms with van der Waals surface area (Å²) in [6.07, 6.45) is 0. The molecule has 0 saturated carbocycles. The van der Waals surface area contributed by atoms with E-state index in [2.05, 4.69) is 5.32 Å². The number of nitrogens with zero attached hydrogens (tertiary/aromatic N) is 1. The number of nitrogens with one attached hydrogen (secondary N) is 1. The third-order valence-electron chi connectivity index (χ3n) is 3.78. The molecule has 2 amide bonds. The predicted molar refractivity (Wildman–Crippen MR) is 98.4 cm³/mol. The molecule has 1 heterocycles. The number of aryl methyl sites for hydroxylation is 1. The average molecular weight is 338 g/mol. The van der Waals surface area contributed by atoms with Gasteiger partial charge in [-0.05, 0) is 29.5 Å². The number of para-hydroxylation sites is 1. The third kappa shape index (κ3) is 3.68. The summed E-state index contributed by atoms with van der Waals surface area (Å²) in [5.74, 6) is 0.0983. The fraction of sp³-hybridized carbons (Fsp3) is 0.158. The van der Waals surface area contributed by atoms with Crippen LogP contribution in [-0.2, 0) is 9.59 Å². The van der Waals surface area contributed by atoms with Gasteiger partial charge in [0.05, 0.1) is 11.4 Å². The van der Waals surface area contributed by atoms with Crippen molar-refractivity contribution >= 4 is 35.0 Å². The highest BCUT2D eigenvalue weighted by molar-refractivity contribution is 8.03. The molecule has 0 fully saturated rings. The lowest BCUT2D eigenvalue weighted by molar-refractivity contribution is -0.129. The summed E-state index contributed by atoms with van der Waals surface area (Å²) >= 11 is 1.46. The molecule has 0 saturated heterocycles. The minimum Gasteiger partial charge on any atom is -0.324 e. The first-order valence-corrected chi connectivity index (χ1v) is 8.73. The Labute approximate surface area is 145 Å². The maximum atomic E-state index is 12.4. The Morgan fingerprint density at radius 2 is 1.83 bits per heavy atom. The standard InChI is InChI=1S/C19H18N2O2S/c1-14-7-5-6-10-16(14)20-18(22)11-21-17(12-24-13-19(21)23)15-8-3-2-4-9-15/h2-10,12H,11,13H2,1H3,(H,20,22). The summed E-state index contributed by atoms with van der Waals surface area (Å²) in [4.78, 5) is 26.3. The molecule has 0 aliphatic carbocycles. The average Bonchev–Trinajstić information content (AvgIpc) is 2.59. The maximum Gasteiger partial charge on any atom is 0.244 e. The maximum absolute atomic E-state index is 12.4. The summed E-state index contributed by atoms with van der Waals surface area (Å²) in [5.41, 5.74) is 3.47. The van der Waals surface area contributed by atoms with Crippen molar-refractivity contribution in [1.29, 1.82) is 0 Å². The smallest absolute Gasteiger partial charge is 0.244 e. The van der Waals surface area contributed by atoms with Gasteiger partial charge in [0, 0.05) is 5.69 Å². The molecular formula is C19H18N2O2S. The number of carbonyl (C=O) groups is 2. The fourth-order valence-corrected chi connectivity index (χ4v) is 3.32. The second kappa shape index (κ2) is 7.36. The fourth-order valence-electron chi connectivity index (χ4n) is 2.52. The second-order valence-electron chi connectivity index (χ2n) is 5.52. The van der Waals surface area contributed by atoms with E-state index in [0.29, 0.717) is 5.75 Å². The lowest BCUT2D eigenvalue weighted by Crippen LogP contribution is -2.39. The first kappa shape index (κ1) is 16.3. The summed E-state index contributed by atoms with van der Waals surface area (Å²) in [6, 6.07) is 17.2. The Balaban J connectivity index is 1.77. The minimum atomic E-state index is -0.202. The predicted octanol–water partition coefficient (Wildman–Crippen LogP) is 3.51. The molecule has 1 aliphatic heterocycles. The molecule has 0 bridgehead atoms. The molecule has 2 aromatic carbocycles. The van der Waals surface area contributed by atoms with Crippen molar-refractivity contribution in [2.75, 3.05) is 17.6 Å². The number of carbonyl (C=O) groups excluding carboxylic acids is 2. The van der Waals surface area contributed by atoms with E-state index >= 15 is 0 Å². The van der Waals surface area contributed by atoms with E-state index in [0.717, 1.165) is 22.5 Å². The molecule has 0 aromatic heterocycles. The van der Waals surface area contributed by atoms with Gasteiger partial charge in [-0.1, -0.05) is 48.5 Å². The van der Waals surface area contributed by atoms with Crippen LogP contribution in [0.15, 0.2) is 60.0 Å². The van der Waals surface area contributed by atoms with Gasteiger partial charge in [-0.25, -0.2) is 0 Å². The van der Waals surface area contributed by atoms with Crippen LogP contribution in [0.4, 0.5) is 5.69 Å². The Hall–Kier alpha value is -2.53. The molecule has 3 rings (SSSR count). The van der Waals surface area contributed by atoms with Crippen LogP contribution >= 0.6 is 11.8 Å². The highest BCUT2D eigenvalue weighted by Gasteiger charge is 2.25. The molecule has 4 nitrogen and oxygen atoms in total. The highest BCUT2D eigenvalue weighted by Crippen LogP contribution is 2.28. The molecule has 122 valence electrons. The molecule has 2 aromatic rings. The van der Waals surface area contributed by atoms with E-state index in [-0.39, 0.29) is 18.4 Å². The molecular weight excluding hydrogens is 320 g/mol. The summed E-state index contributed by atoms with van der Waals surface area (Å²) in [5, 5.41) is 4.83. The van der Waals surface area contributed by atoms with Crippen molar-refractivity contribution in [1.82, 2.24) is 4.90 Å². The first-order valence-electron chi connectivity index (χ1n) is 7.68. The van der Waals surface area contributed by atoms with Gasteiger partial charge in [0.1, 0.15) is 6.54 Å². The van der Waals surface area contributed by atoms with E-state index in [9.17, 15) is 9.59 Å². The van der Waals surface area contributed by atoms with Gasteiger partial charge in [-0.15, -0.1) is 11.8 Å². The largest absolute Gasteiger partial charge is 0.324 e. The molecule has 0 unspecified atom stereocenters. The third-order valence-corrected chi connectivity index (χ3v) is 4.59. The number of anilines is 1. The molecule has 0 spiro atoms. The number of amides is 2. The van der Waals surface area contributed by atoms with Gasteiger partial charge in [0.15, 0.2) is 0 Å². The SMILES string of the molecule is Cc1ccccc1NC(=O)CN1C(=O)CSC=C1c1ccccc1. The van der Waals surface area contributed by atoms with Crippen molar-refractivity contribution in [2.45, 2.75) is 6.92 Å². The van der Waals surface area contributed by atoms with Crippen molar-refractivity contribution < 1.29 is 9.59 Å². The van der Waals surface area contributed by atoms with E-state index in [1.54, 1.807) is 4.90 Å². The molecule has 24 heavy (non-hydrogen) atoms. The van der Waals surface area contributed by atoms with E-state index in [1.807, 2.05) is 66.9 Å². The van der Waals surface area contributed by atoms with E-state index in [4.69, 9.17) is 0 Å². The number of hydrogen-bond donors (Lipinski definition) is 1. The number of benzene rings is 2. The molecule has 0 radical (unpaired) electrons. The van der Waals surface area contributed by atoms with Crippen molar-refractivity contribution in [3.05, 3.63) is 71.1 Å². The van der Waals surface area contributed by atoms with Crippen LogP contribution < -0.4 is 5.32 Å². The van der Waals surface area contributed by atoms with Crippen LogP contribution in [0.3, 0.4) is 0 Å². The molecule has 0 atom stereocenters. The monoisotopic (exact) mass is 338 g/mol. The summed E-state index contributed by atoms with van der Waals surface area (Å²) < 4.78 is 0. The Bertz CT molecular complexity index is 787. The van der Waals surface area contributed by atoms with Crippen LogP contribution in [0.1, 0.15) is 11.1 Å². The van der Waals surface area contributed by atoms with Gasteiger partial charge < -0.3 is 10.2 Å². The van der Waals surface area contributed by atoms with Crippen molar-refractivity contribution in [2.24, 2.45) is 0 Å². The van der Waals surface area contributed by atoms with Crippen LogP contribution in [0.25, 0.3) is 5.70 Å². The molecule has 5 heteroatoms. The van der Waals surface area contributed by atoms with Gasteiger partial charge >= 0.3 is 0 Å². The molecule has 1 aliphatic rings. The van der Waals surface area contributed by atoms with Crippen LogP contribution in [0.5, 0.6) is 0 Å². The normalized spacial score (nSPS) is 14.3. The van der Waals surface area contributed by atoms with Gasteiger partial charge in [0.25, 0.3) is 0 Å². The van der Waals surface area contributed by atoms with Crippen LogP contribution in [-0.4, -0.2) is 29.0 Å². The quantitative estimate of drug-likeness (QED) is 0.928. The van der Waals surface area contributed by atoms with Gasteiger partial charge in [0.2, 0.25) is 11.8 Å². The number of thioether (sulfide) groups is 1. The summed E-state index contributed by atoms with van der Waals surface area (Å²) in [7, 11) is 0. The van der Waals surface area contributed by atoms with Gasteiger partial charge in [-0.3, -0.25) is 9.59 Å². The second-order valence-corrected chi connectivity index (χ2v) is 6.38. The van der Waals surface area contributed by atoms with Crippen LogP contribution in [0.2, 0.25) is 0 Å². The number of hydrogen-bond acceptors (Lipinski definition) is 3. The van der Waals surface area contributed by atoms with E-state index in [1.165, 1.54) is 11.8 Å². The summed E-state index contributed by atoms with van der Waals surface area (Å²) in [6.45, 7) is 1.95. The van der Waals surface area contributed by atoms with E-state index < -0.39 is 0 Å². The Morgan fingerprint density at radius 1 is 1.12 bits per heavy atom. The molecule has 1 N–H and O–H groups in total. The highest BCUT2D eigenvalue weighted by atomic mass is 32.2. The zero-order chi connectivity index (χ0) is 16.9. The zero-order valence-corrected chi connectivity index (χ0v) is 14.2. The Kier molecular flexibility index (Phi) is 5.01. The van der Waals surface area contributed by atoms with Crippen molar-refractivity contribution in [3.63, 3.8) is 0 Å². The lowest BCUT2D eigenvalue weighted by Gasteiger charge is -2.28. The first-order chi connectivity index (χ1) is 11.6. The lowest BCUT2D eigenvalue weighted by atomic mass is 10.1. The van der Waals surface area contributed by atoms with Gasteiger partial charge in [-0.2, -0.15) is 0 Å². The van der Waals surface area contributed by atoms with Crippen LogP contribution in [0, 0.1) is 6.92 Å². The minimum absolute atomic E-state index is 0.00839. The topological polar surface area (TPSA) is 49.4 Å².